The van der Waals surface area contributed by atoms with Crippen molar-refractivity contribution in [1.29, 1.82) is 0 Å². The lowest BCUT2D eigenvalue weighted by atomic mass is 9.75. The number of carbonyl (C=O) groups is 1. The average Bonchev–Trinajstić information content (AvgIpc) is 3.04. The number of nitro benzene ring substituents is 1. The van der Waals surface area contributed by atoms with Gasteiger partial charge in [0, 0.05) is 12.1 Å². The average molecular weight is 523 g/mol. The number of non-ortho nitro benzene ring substituents is 1. The van der Waals surface area contributed by atoms with Gasteiger partial charge >= 0.3 is 5.97 Å². The van der Waals surface area contributed by atoms with Crippen molar-refractivity contribution in [2.24, 2.45) is 17.8 Å². The summed E-state index contributed by atoms with van der Waals surface area (Å²) in [7, 11) is -4.57. The number of benzene rings is 1. The van der Waals surface area contributed by atoms with E-state index in [1.807, 2.05) is 0 Å². The zero-order valence-electron chi connectivity index (χ0n) is 21.2. The normalized spacial score (nSPS) is 20.3. The van der Waals surface area contributed by atoms with Crippen LogP contribution < -0.4 is 15.9 Å². The Bertz CT molecular complexity index is 1260. The number of sulfonamides is 1. The molecule has 0 radical (unpaired) electrons. The number of aromatic nitrogens is 2. The molecule has 1 saturated carbocycles. The Kier molecular flexibility index (Phi) is 7.82. The third-order valence-electron chi connectivity index (χ3n) is 6.83. The number of ether oxygens (including phenoxy) is 1. The number of esters is 1. The lowest BCUT2D eigenvalue weighted by Gasteiger charge is -2.37. The molecule has 0 unspecified atom stereocenters. The zero-order valence-corrected chi connectivity index (χ0v) is 22.0. The molecular weight excluding hydrogens is 488 g/mol. The maximum Gasteiger partial charge on any atom is 0.327 e. The molecule has 2 aromatic rings. The smallest absolute Gasteiger partial charge is 0.327 e. The van der Waals surface area contributed by atoms with Crippen molar-refractivity contribution in [2.45, 2.75) is 64.9 Å². The van der Waals surface area contributed by atoms with Gasteiger partial charge in [-0.15, -0.1) is 0 Å². The summed E-state index contributed by atoms with van der Waals surface area (Å²) in [5.41, 5.74) is 5.53. The highest BCUT2D eigenvalue weighted by Gasteiger charge is 2.37. The second kappa shape index (κ2) is 10.3. The van der Waals surface area contributed by atoms with Crippen LogP contribution in [-0.4, -0.2) is 41.6 Å². The molecule has 0 amide bonds. The highest BCUT2D eigenvalue weighted by Crippen LogP contribution is 2.36. The first-order chi connectivity index (χ1) is 16.7. The van der Waals surface area contributed by atoms with Gasteiger partial charge in [0.2, 0.25) is 0 Å². The van der Waals surface area contributed by atoms with Gasteiger partial charge in [0.05, 0.1) is 16.3 Å². The molecule has 3 rings (SSSR count). The van der Waals surface area contributed by atoms with Gasteiger partial charge in [0.25, 0.3) is 15.7 Å². The Balaban J connectivity index is 2.02. The first-order valence-electron chi connectivity index (χ1n) is 11.8. The molecule has 0 saturated heterocycles. The third kappa shape index (κ3) is 5.40. The standard InChI is InChI=1S/C23H34N6O6S/c1-13(2)18-8-6-14(3)10-20(18)35-22(30)12-27(23-15(4)28(25)16(5)26-23)36(33,34)21-11-17(29(31)32)7-9-19(21)24/h7,9,11,13-14,18,20H,6,8,10,12,24-25H2,1-5H3/t14-,18+,20+/m0/s1. The molecule has 1 aliphatic carbocycles. The van der Waals surface area contributed by atoms with Crippen molar-refractivity contribution >= 4 is 33.2 Å². The maximum absolute atomic E-state index is 13.8. The monoisotopic (exact) mass is 522 g/mol. The Morgan fingerprint density at radius 3 is 2.56 bits per heavy atom. The number of nitrogens with two attached hydrogens (primary N) is 2. The molecule has 4 N–H and O–H groups in total. The van der Waals surface area contributed by atoms with Crippen LogP contribution in [0.5, 0.6) is 0 Å². The van der Waals surface area contributed by atoms with Crippen LogP contribution in [0.3, 0.4) is 0 Å². The highest BCUT2D eigenvalue weighted by molar-refractivity contribution is 7.93. The quantitative estimate of drug-likeness (QED) is 0.173. The zero-order chi connectivity index (χ0) is 26.9. The molecule has 0 bridgehead atoms. The van der Waals surface area contributed by atoms with Gasteiger partial charge in [-0.25, -0.2) is 22.4 Å². The first kappa shape index (κ1) is 27.2. The van der Waals surface area contributed by atoms with Crippen LogP contribution in [-0.2, 0) is 19.6 Å². The SMILES string of the molecule is Cc1nc(N(CC(=O)O[C@@H]2C[C@@H](C)CC[C@@H]2C(C)C)S(=O)(=O)c2cc([N+](=O)[O-])ccc2N)c(C)n1N. The van der Waals surface area contributed by atoms with E-state index < -0.39 is 38.0 Å². The largest absolute Gasteiger partial charge is 0.461 e. The number of nitrogen functional groups attached to an aromatic ring is 2. The summed E-state index contributed by atoms with van der Waals surface area (Å²) in [6, 6.07) is 3.10. The lowest BCUT2D eigenvalue weighted by molar-refractivity contribution is -0.385. The molecule has 1 heterocycles. The van der Waals surface area contributed by atoms with Gasteiger partial charge in [0.15, 0.2) is 5.82 Å². The summed E-state index contributed by atoms with van der Waals surface area (Å²) in [5.74, 6) is 6.26. The minimum atomic E-state index is -4.57. The second-order valence-electron chi connectivity index (χ2n) is 9.78. The van der Waals surface area contributed by atoms with Crippen molar-refractivity contribution < 1.29 is 22.9 Å². The molecule has 0 spiro atoms. The molecule has 1 aliphatic rings. The van der Waals surface area contributed by atoms with Crippen molar-refractivity contribution in [3.63, 3.8) is 0 Å². The summed E-state index contributed by atoms with van der Waals surface area (Å²) in [5, 5.41) is 11.3. The molecule has 1 fully saturated rings. The summed E-state index contributed by atoms with van der Waals surface area (Å²) < 4.78 is 35.3. The van der Waals surface area contributed by atoms with Gasteiger partial charge in [-0.05, 0) is 50.5 Å². The number of nitrogens with zero attached hydrogens (tertiary/aromatic N) is 4. The van der Waals surface area contributed by atoms with Crippen molar-refractivity contribution in [3.8, 4) is 0 Å². The van der Waals surface area contributed by atoms with E-state index in [1.54, 1.807) is 13.8 Å². The number of aryl methyl sites for hydroxylation is 1. The highest BCUT2D eigenvalue weighted by atomic mass is 32.2. The minimum Gasteiger partial charge on any atom is -0.461 e. The number of imidazole rings is 1. The topological polar surface area (TPSA) is 177 Å². The minimum absolute atomic E-state index is 0.0877. The number of hydrogen-bond donors (Lipinski definition) is 2. The van der Waals surface area contributed by atoms with Crippen LogP contribution in [0.4, 0.5) is 17.2 Å². The predicted octanol–water partition coefficient (Wildman–Crippen LogP) is 2.90. The fraction of sp³-hybridized carbons (Fsp3) is 0.565. The van der Waals surface area contributed by atoms with Gasteiger partial charge < -0.3 is 16.3 Å². The van der Waals surface area contributed by atoms with E-state index in [1.165, 1.54) is 4.68 Å². The van der Waals surface area contributed by atoms with E-state index in [9.17, 15) is 23.3 Å². The Labute approximate surface area is 210 Å². The van der Waals surface area contributed by atoms with Crippen molar-refractivity contribution in [2.75, 3.05) is 22.4 Å². The fourth-order valence-electron chi connectivity index (χ4n) is 4.70. The van der Waals surface area contributed by atoms with Gasteiger partial charge in [-0.2, -0.15) is 0 Å². The molecule has 198 valence electrons. The van der Waals surface area contributed by atoms with E-state index in [0.29, 0.717) is 18.2 Å². The molecule has 0 aliphatic heterocycles. The molecule has 13 heteroatoms. The van der Waals surface area contributed by atoms with Crippen LogP contribution in [0.15, 0.2) is 23.1 Å². The van der Waals surface area contributed by atoms with E-state index in [4.69, 9.17) is 16.3 Å². The number of anilines is 2. The van der Waals surface area contributed by atoms with Crippen molar-refractivity contribution in [1.82, 2.24) is 9.66 Å². The number of hydrogen-bond acceptors (Lipinski definition) is 9. The molecule has 3 atom stereocenters. The lowest BCUT2D eigenvalue weighted by Crippen LogP contribution is -2.41. The maximum atomic E-state index is 13.8. The second-order valence-corrected chi connectivity index (χ2v) is 11.6. The van der Waals surface area contributed by atoms with E-state index in [2.05, 4.69) is 25.8 Å². The molecule has 12 nitrogen and oxygen atoms in total. The van der Waals surface area contributed by atoms with Crippen LogP contribution >= 0.6 is 0 Å². The van der Waals surface area contributed by atoms with Gasteiger partial charge in [-0.1, -0.05) is 27.2 Å². The van der Waals surface area contributed by atoms with Crippen LogP contribution in [0, 0.1) is 41.7 Å². The van der Waals surface area contributed by atoms with Crippen LogP contribution in [0.25, 0.3) is 0 Å². The Morgan fingerprint density at radius 2 is 2.00 bits per heavy atom. The fourth-order valence-corrected chi connectivity index (χ4v) is 6.25. The molecule has 36 heavy (non-hydrogen) atoms. The summed E-state index contributed by atoms with van der Waals surface area (Å²) in [6.45, 7) is 8.68. The van der Waals surface area contributed by atoms with Crippen LogP contribution in [0.1, 0.15) is 51.6 Å². The molecular formula is C23H34N6O6S. The first-order valence-corrected chi connectivity index (χ1v) is 13.2. The molecule has 1 aromatic carbocycles. The third-order valence-corrected chi connectivity index (χ3v) is 8.62. The molecule has 1 aromatic heterocycles. The Hall–Kier alpha value is -3.35. The number of nitro groups is 1. The van der Waals surface area contributed by atoms with Crippen LogP contribution in [0.2, 0.25) is 0 Å². The summed E-state index contributed by atoms with van der Waals surface area (Å²) in [6.07, 6.45) is 2.30. The van der Waals surface area contributed by atoms with Gasteiger partial charge in [-0.3, -0.25) is 14.9 Å². The summed E-state index contributed by atoms with van der Waals surface area (Å²) in [4.78, 5) is 27.5. The summed E-state index contributed by atoms with van der Waals surface area (Å²) >= 11 is 0. The number of carbonyl (C=O) groups excluding carboxylic acids is 1. The number of rotatable bonds is 8. The van der Waals surface area contributed by atoms with E-state index in [0.717, 1.165) is 35.3 Å². The van der Waals surface area contributed by atoms with Crippen molar-refractivity contribution in [3.05, 3.63) is 39.8 Å². The van der Waals surface area contributed by atoms with Gasteiger partial charge in [0.1, 0.15) is 23.4 Å². The van der Waals surface area contributed by atoms with E-state index >= 15 is 0 Å². The van der Waals surface area contributed by atoms with E-state index in [-0.39, 0.29) is 35.1 Å². The Morgan fingerprint density at radius 1 is 1.33 bits per heavy atom. The predicted molar refractivity (Wildman–Crippen MR) is 135 cm³/mol.